The third-order valence-electron chi connectivity index (χ3n) is 4.19. The Morgan fingerprint density at radius 1 is 1.24 bits per heavy atom. The fourth-order valence-electron chi connectivity index (χ4n) is 2.80. The largest absolute Gasteiger partial charge is 0.378 e. The minimum Gasteiger partial charge on any atom is -0.378 e. The molecule has 3 rings (SSSR count). The molecule has 1 aliphatic heterocycles. The number of nitro benzene ring substituents is 1. The van der Waals surface area contributed by atoms with E-state index in [0.717, 1.165) is 4.47 Å². The Bertz CT molecular complexity index is 969. The summed E-state index contributed by atoms with van der Waals surface area (Å²) in [6, 6.07) is 9.50. The van der Waals surface area contributed by atoms with Crippen molar-refractivity contribution in [2.45, 2.75) is 0 Å². The normalized spacial score (nSPS) is 13.7. The summed E-state index contributed by atoms with van der Waals surface area (Å²) in [5.41, 5.74) is 0.958. The Kier molecular flexibility index (Phi) is 7.01. The molecule has 0 saturated carbocycles. The number of anilines is 2. The van der Waals surface area contributed by atoms with Gasteiger partial charge in [-0.25, -0.2) is 0 Å². The number of halogens is 2. The summed E-state index contributed by atoms with van der Waals surface area (Å²) >= 11 is 14.6. The van der Waals surface area contributed by atoms with E-state index in [2.05, 4.69) is 26.6 Å². The van der Waals surface area contributed by atoms with Crippen LogP contribution in [-0.2, 0) is 4.74 Å². The number of rotatable bonds is 4. The summed E-state index contributed by atoms with van der Waals surface area (Å²) in [5, 5.41) is 17.3. The third kappa shape index (κ3) is 5.41. The summed E-state index contributed by atoms with van der Waals surface area (Å²) < 4.78 is 6.08. The number of carbonyl (C=O) groups excluding carboxylic acids is 1. The third-order valence-corrected chi connectivity index (χ3v) is 5.20. The zero-order chi connectivity index (χ0) is 21.0. The van der Waals surface area contributed by atoms with Gasteiger partial charge in [-0.05, 0) is 42.5 Å². The van der Waals surface area contributed by atoms with E-state index in [1.807, 2.05) is 4.90 Å². The highest BCUT2D eigenvalue weighted by Gasteiger charge is 2.23. The van der Waals surface area contributed by atoms with Crippen molar-refractivity contribution in [1.29, 1.82) is 0 Å². The summed E-state index contributed by atoms with van der Waals surface area (Å²) in [7, 11) is 0. The maximum Gasteiger partial charge on any atom is 0.293 e. The lowest BCUT2D eigenvalue weighted by Gasteiger charge is -2.28. The molecule has 0 spiro atoms. The summed E-state index contributed by atoms with van der Waals surface area (Å²) in [4.78, 5) is 25.4. The van der Waals surface area contributed by atoms with Gasteiger partial charge in [-0.2, -0.15) is 0 Å². The molecule has 1 heterocycles. The second kappa shape index (κ2) is 9.49. The number of nitrogens with zero attached hydrogens (tertiary/aromatic N) is 2. The molecule has 1 amide bonds. The van der Waals surface area contributed by atoms with Crippen molar-refractivity contribution in [3.8, 4) is 0 Å². The van der Waals surface area contributed by atoms with Gasteiger partial charge < -0.3 is 15.0 Å². The van der Waals surface area contributed by atoms with Gasteiger partial charge in [0, 0.05) is 29.2 Å². The first-order chi connectivity index (χ1) is 13.8. The molecule has 0 atom stereocenters. The number of thiocarbonyl (C=S) groups is 1. The Labute approximate surface area is 185 Å². The highest BCUT2D eigenvalue weighted by molar-refractivity contribution is 9.10. The molecule has 1 fully saturated rings. The molecule has 0 aromatic heterocycles. The number of nitro groups is 1. The molecule has 0 radical (unpaired) electrons. The molecule has 2 aromatic carbocycles. The second-order valence-corrected chi connectivity index (χ2v) is 7.82. The van der Waals surface area contributed by atoms with Gasteiger partial charge in [0.2, 0.25) is 0 Å². The summed E-state index contributed by atoms with van der Waals surface area (Å²) in [6.45, 7) is 2.10. The molecule has 0 bridgehead atoms. The van der Waals surface area contributed by atoms with Crippen molar-refractivity contribution < 1.29 is 14.5 Å². The fourth-order valence-corrected chi connectivity index (χ4v) is 3.73. The molecule has 8 nitrogen and oxygen atoms in total. The predicted octanol–water partition coefficient (Wildman–Crippen LogP) is 3.97. The van der Waals surface area contributed by atoms with Crippen molar-refractivity contribution in [3.05, 3.63) is 61.6 Å². The highest BCUT2D eigenvalue weighted by atomic mass is 79.9. The molecule has 152 valence electrons. The van der Waals surface area contributed by atoms with Crippen molar-refractivity contribution >= 4 is 67.8 Å². The van der Waals surface area contributed by atoms with Crippen LogP contribution in [0, 0.1) is 10.1 Å². The molecule has 2 N–H and O–H groups in total. The number of benzene rings is 2. The average molecular weight is 500 g/mol. The number of hydrogen-bond acceptors (Lipinski definition) is 6. The first-order valence-corrected chi connectivity index (χ1v) is 10.1. The van der Waals surface area contributed by atoms with Crippen LogP contribution in [0.15, 0.2) is 40.9 Å². The maximum atomic E-state index is 12.5. The van der Waals surface area contributed by atoms with E-state index >= 15 is 0 Å². The van der Waals surface area contributed by atoms with E-state index in [0.29, 0.717) is 42.7 Å². The van der Waals surface area contributed by atoms with Gasteiger partial charge in [0.1, 0.15) is 5.69 Å². The zero-order valence-electron chi connectivity index (χ0n) is 15.0. The maximum absolute atomic E-state index is 12.5. The van der Waals surface area contributed by atoms with Crippen LogP contribution < -0.4 is 15.5 Å². The van der Waals surface area contributed by atoms with Crippen molar-refractivity contribution in [3.63, 3.8) is 0 Å². The number of carbonyl (C=O) groups is 1. The minimum atomic E-state index is -0.563. The number of nitrogens with one attached hydrogen (secondary N) is 2. The smallest absolute Gasteiger partial charge is 0.293 e. The number of hydrogen-bond donors (Lipinski definition) is 2. The number of ether oxygens (including phenoxy) is 1. The lowest BCUT2D eigenvalue weighted by molar-refractivity contribution is -0.384. The molecular formula is C18H16BrClN4O4S. The van der Waals surface area contributed by atoms with E-state index in [4.69, 9.17) is 28.6 Å². The first-order valence-electron chi connectivity index (χ1n) is 8.53. The van der Waals surface area contributed by atoms with Gasteiger partial charge >= 0.3 is 0 Å². The second-order valence-electron chi connectivity index (χ2n) is 6.09. The summed E-state index contributed by atoms with van der Waals surface area (Å²) in [6.07, 6.45) is 0. The Morgan fingerprint density at radius 3 is 2.62 bits per heavy atom. The highest BCUT2D eigenvalue weighted by Crippen LogP contribution is 2.30. The van der Waals surface area contributed by atoms with Gasteiger partial charge in [0.25, 0.3) is 11.6 Å². The molecule has 0 aliphatic carbocycles. The lowest BCUT2D eigenvalue weighted by Crippen LogP contribution is -2.37. The van der Waals surface area contributed by atoms with Crippen LogP contribution in [0.3, 0.4) is 0 Å². The molecule has 1 aliphatic rings. The van der Waals surface area contributed by atoms with Gasteiger partial charge in [-0.15, -0.1) is 0 Å². The molecule has 29 heavy (non-hydrogen) atoms. The Hall–Kier alpha value is -2.27. The minimum absolute atomic E-state index is 0.0270. The molecule has 0 unspecified atom stereocenters. The van der Waals surface area contributed by atoms with Gasteiger partial charge in [0.15, 0.2) is 5.11 Å². The number of morpholine rings is 1. The summed E-state index contributed by atoms with van der Waals surface area (Å²) in [5.74, 6) is -0.563. The molecule has 1 saturated heterocycles. The first kappa shape index (κ1) is 21.4. The van der Waals surface area contributed by atoms with E-state index in [9.17, 15) is 14.9 Å². The zero-order valence-corrected chi connectivity index (χ0v) is 18.1. The number of amides is 1. The fraction of sp³-hybridized carbons (Fsp3) is 0.222. The van der Waals surface area contributed by atoms with Gasteiger partial charge in [-0.1, -0.05) is 27.5 Å². The SMILES string of the molecule is O=C(NC(=S)Nc1ccc(Br)cc1Cl)c1ccc(N2CCOCC2)c([N+](=O)[O-])c1. The van der Waals surface area contributed by atoms with Gasteiger partial charge in [-0.3, -0.25) is 20.2 Å². The van der Waals surface area contributed by atoms with E-state index in [-0.39, 0.29) is 16.4 Å². The van der Waals surface area contributed by atoms with Crippen molar-refractivity contribution in [1.82, 2.24) is 5.32 Å². The van der Waals surface area contributed by atoms with Crippen LogP contribution in [0.5, 0.6) is 0 Å². The quantitative estimate of drug-likeness (QED) is 0.373. The van der Waals surface area contributed by atoms with E-state index < -0.39 is 10.8 Å². The van der Waals surface area contributed by atoms with Crippen LogP contribution >= 0.6 is 39.7 Å². The van der Waals surface area contributed by atoms with Crippen LogP contribution in [-0.4, -0.2) is 42.2 Å². The average Bonchev–Trinajstić information content (AvgIpc) is 2.70. The lowest BCUT2D eigenvalue weighted by atomic mass is 10.1. The van der Waals surface area contributed by atoms with Crippen LogP contribution in [0.1, 0.15) is 10.4 Å². The molecule has 2 aromatic rings. The topological polar surface area (TPSA) is 96.7 Å². The van der Waals surface area contributed by atoms with Crippen LogP contribution in [0.2, 0.25) is 5.02 Å². The van der Waals surface area contributed by atoms with Crippen molar-refractivity contribution in [2.75, 3.05) is 36.5 Å². The van der Waals surface area contributed by atoms with Gasteiger partial charge in [0.05, 0.1) is 28.8 Å². The van der Waals surface area contributed by atoms with Crippen molar-refractivity contribution in [2.24, 2.45) is 0 Å². The van der Waals surface area contributed by atoms with E-state index in [1.165, 1.54) is 12.1 Å². The molecular weight excluding hydrogens is 484 g/mol. The molecule has 11 heteroatoms. The van der Waals surface area contributed by atoms with Crippen LogP contribution in [0.25, 0.3) is 0 Å². The predicted molar refractivity (Wildman–Crippen MR) is 119 cm³/mol. The Morgan fingerprint density at radius 2 is 1.97 bits per heavy atom. The van der Waals surface area contributed by atoms with E-state index in [1.54, 1.807) is 24.3 Å². The van der Waals surface area contributed by atoms with Crippen LogP contribution in [0.4, 0.5) is 17.1 Å². The Balaban J connectivity index is 1.73. The monoisotopic (exact) mass is 498 g/mol. The standard InChI is InChI=1S/C18H16BrClN4O4S/c19-12-2-3-14(13(20)10-12)21-18(29)22-17(25)11-1-4-15(16(9-11)24(26)27)23-5-7-28-8-6-23/h1-4,9-10H,5-8H2,(H2,21,22,25,29).